The van der Waals surface area contributed by atoms with E-state index in [-0.39, 0.29) is 0 Å². The molecule has 2 fully saturated rings. The van der Waals surface area contributed by atoms with E-state index in [4.69, 9.17) is 0 Å². The molecule has 0 amide bonds. The van der Waals surface area contributed by atoms with Crippen LogP contribution in [-0.4, -0.2) is 37.6 Å². The first kappa shape index (κ1) is 9.47. The van der Waals surface area contributed by atoms with Crippen molar-refractivity contribution in [2.75, 3.05) is 32.7 Å². The van der Waals surface area contributed by atoms with Crippen molar-refractivity contribution in [3.8, 4) is 0 Å². The van der Waals surface area contributed by atoms with Crippen molar-refractivity contribution >= 4 is 0 Å². The van der Waals surface area contributed by atoms with Crippen LogP contribution in [0, 0.1) is 11.8 Å². The smallest absolute Gasteiger partial charge is 0.0107 e. The van der Waals surface area contributed by atoms with Gasteiger partial charge in [-0.1, -0.05) is 6.92 Å². The minimum Gasteiger partial charge on any atom is -0.315 e. The molecule has 76 valence electrons. The minimum atomic E-state index is 0.999. The van der Waals surface area contributed by atoms with E-state index in [2.05, 4.69) is 17.1 Å². The van der Waals surface area contributed by atoms with Crippen LogP contribution in [0.3, 0.4) is 0 Å². The van der Waals surface area contributed by atoms with Crippen LogP contribution in [0.1, 0.15) is 26.2 Å². The lowest BCUT2D eigenvalue weighted by molar-refractivity contribution is 0.334. The summed E-state index contributed by atoms with van der Waals surface area (Å²) in [5.41, 5.74) is 0. The number of hydrogen-bond acceptors (Lipinski definition) is 2. The lowest BCUT2D eigenvalue weighted by Crippen LogP contribution is -2.31. The van der Waals surface area contributed by atoms with Crippen LogP contribution in [0.25, 0.3) is 0 Å². The van der Waals surface area contributed by atoms with Crippen LogP contribution in [0.15, 0.2) is 0 Å². The van der Waals surface area contributed by atoms with E-state index < -0.39 is 0 Å². The van der Waals surface area contributed by atoms with Gasteiger partial charge in [0.25, 0.3) is 0 Å². The average Bonchev–Trinajstić information content (AvgIpc) is 2.67. The topological polar surface area (TPSA) is 15.3 Å². The minimum absolute atomic E-state index is 0.999. The number of likely N-dealkylation sites (tertiary alicyclic amines) is 1. The van der Waals surface area contributed by atoms with Gasteiger partial charge in [0.2, 0.25) is 0 Å². The van der Waals surface area contributed by atoms with E-state index in [0.29, 0.717) is 0 Å². The van der Waals surface area contributed by atoms with Crippen LogP contribution in [0.2, 0.25) is 0 Å². The molecule has 13 heavy (non-hydrogen) atoms. The van der Waals surface area contributed by atoms with Crippen molar-refractivity contribution in [2.24, 2.45) is 11.8 Å². The molecule has 0 aromatic carbocycles. The van der Waals surface area contributed by atoms with Crippen molar-refractivity contribution in [3.05, 3.63) is 0 Å². The number of rotatable bonds is 5. The van der Waals surface area contributed by atoms with E-state index in [9.17, 15) is 0 Å². The molecule has 1 saturated heterocycles. The first-order chi connectivity index (χ1) is 6.36. The molecule has 0 aromatic rings. The van der Waals surface area contributed by atoms with E-state index in [1.165, 1.54) is 52.0 Å². The maximum absolute atomic E-state index is 3.56. The fraction of sp³-hybridized carbons (Fsp3) is 1.00. The molecule has 0 aromatic heterocycles. The molecule has 1 aliphatic heterocycles. The first-order valence-corrected chi connectivity index (χ1v) is 5.79. The second kappa shape index (κ2) is 4.43. The Balaban J connectivity index is 1.44. The molecule has 1 N–H and O–H groups in total. The molecule has 0 spiro atoms. The summed E-state index contributed by atoms with van der Waals surface area (Å²) in [6.07, 6.45) is 4.29. The fourth-order valence-electron chi connectivity index (χ4n) is 2.21. The van der Waals surface area contributed by atoms with Crippen LogP contribution in [0.5, 0.6) is 0 Å². The van der Waals surface area contributed by atoms with Crippen LogP contribution in [0.4, 0.5) is 0 Å². The molecule has 2 unspecified atom stereocenters. The largest absolute Gasteiger partial charge is 0.315 e. The van der Waals surface area contributed by atoms with Gasteiger partial charge in [-0.25, -0.2) is 0 Å². The highest BCUT2D eigenvalue weighted by atomic mass is 15.1. The van der Waals surface area contributed by atoms with Crippen molar-refractivity contribution in [1.29, 1.82) is 0 Å². The Morgan fingerprint density at radius 3 is 2.62 bits per heavy atom. The van der Waals surface area contributed by atoms with Gasteiger partial charge in [-0.05, 0) is 50.7 Å². The van der Waals surface area contributed by atoms with Crippen LogP contribution < -0.4 is 5.32 Å². The molecular weight excluding hydrogens is 160 g/mol. The number of hydrogen-bond donors (Lipinski definition) is 1. The fourth-order valence-corrected chi connectivity index (χ4v) is 2.21. The van der Waals surface area contributed by atoms with Crippen LogP contribution in [-0.2, 0) is 0 Å². The van der Waals surface area contributed by atoms with Gasteiger partial charge in [-0.3, -0.25) is 0 Å². The van der Waals surface area contributed by atoms with Gasteiger partial charge in [0.05, 0.1) is 0 Å². The molecule has 0 radical (unpaired) electrons. The second-order valence-corrected chi connectivity index (χ2v) is 4.73. The Hall–Kier alpha value is -0.0800. The molecule has 0 bridgehead atoms. The summed E-state index contributed by atoms with van der Waals surface area (Å²) >= 11 is 0. The molecule has 2 heteroatoms. The standard InChI is InChI=1S/C11H22N2/c1-10-8-11(10)9-12-4-7-13-5-2-3-6-13/h10-12H,2-9H2,1H3. The van der Waals surface area contributed by atoms with Gasteiger partial charge < -0.3 is 10.2 Å². The summed E-state index contributed by atoms with van der Waals surface area (Å²) in [6.45, 7) is 8.75. The zero-order valence-electron chi connectivity index (χ0n) is 8.76. The maximum Gasteiger partial charge on any atom is 0.0107 e. The predicted octanol–water partition coefficient (Wildman–Crippen LogP) is 1.33. The van der Waals surface area contributed by atoms with Crippen molar-refractivity contribution in [1.82, 2.24) is 10.2 Å². The van der Waals surface area contributed by atoms with Crippen molar-refractivity contribution in [3.63, 3.8) is 0 Å². The number of nitrogens with zero attached hydrogens (tertiary/aromatic N) is 1. The quantitative estimate of drug-likeness (QED) is 0.645. The molecule has 1 heterocycles. The Bertz CT molecular complexity index is 152. The normalized spacial score (nSPS) is 33.9. The first-order valence-electron chi connectivity index (χ1n) is 5.79. The zero-order chi connectivity index (χ0) is 9.10. The van der Waals surface area contributed by atoms with E-state index >= 15 is 0 Å². The van der Waals surface area contributed by atoms with Gasteiger partial charge in [0, 0.05) is 13.1 Å². The third-order valence-electron chi connectivity index (χ3n) is 3.49. The highest BCUT2D eigenvalue weighted by molar-refractivity contribution is 4.84. The van der Waals surface area contributed by atoms with E-state index in [1.54, 1.807) is 0 Å². The summed E-state index contributed by atoms with van der Waals surface area (Å²) in [6, 6.07) is 0. The molecule has 2 rings (SSSR count). The van der Waals surface area contributed by atoms with Gasteiger partial charge in [0.15, 0.2) is 0 Å². The van der Waals surface area contributed by atoms with Gasteiger partial charge >= 0.3 is 0 Å². The number of nitrogens with one attached hydrogen (secondary N) is 1. The molecule has 2 atom stereocenters. The third-order valence-corrected chi connectivity index (χ3v) is 3.49. The van der Waals surface area contributed by atoms with Gasteiger partial charge in [-0.2, -0.15) is 0 Å². The Labute approximate surface area is 81.7 Å². The molecule has 2 nitrogen and oxygen atoms in total. The summed E-state index contributed by atoms with van der Waals surface area (Å²) in [7, 11) is 0. The molecule has 2 aliphatic rings. The lowest BCUT2D eigenvalue weighted by Gasteiger charge is -2.14. The van der Waals surface area contributed by atoms with Gasteiger partial charge in [0.1, 0.15) is 0 Å². The Morgan fingerprint density at radius 1 is 1.31 bits per heavy atom. The molecule has 1 aliphatic carbocycles. The predicted molar refractivity (Wildman–Crippen MR) is 55.8 cm³/mol. The lowest BCUT2D eigenvalue weighted by atomic mass is 10.3. The van der Waals surface area contributed by atoms with E-state index in [0.717, 1.165) is 11.8 Å². The Morgan fingerprint density at radius 2 is 2.00 bits per heavy atom. The summed E-state index contributed by atoms with van der Waals surface area (Å²) < 4.78 is 0. The highest BCUT2D eigenvalue weighted by Gasteiger charge is 2.31. The average molecular weight is 182 g/mol. The molecule has 1 saturated carbocycles. The molecular formula is C11H22N2. The third kappa shape index (κ3) is 2.96. The zero-order valence-corrected chi connectivity index (χ0v) is 8.76. The van der Waals surface area contributed by atoms with Crippen molar-refractivity contribution in [2.45, 2.75) is 26.2 Å². The van der Waals surface area contributed by atoms with Crippen LogP contribution >= 0.6 is 0 Å². The Kier molecular flexibility index (Phi) is 3.23. The summed E-state index contributed by atoms with van der Waals surface area (Å²) in [5, 5.41) is 3.56. The monoisotopic (exact) mass is 182 g/mol. The van der Waals surface area contributed by atoms with E-state index in [1.807, 2.05) is 0 Å². The summed E-state index contributed by atoms with van der Waals surface area (Å²) in [5.74, 6) is 2.00. The highest BCUT2D eigenvalue weighted by Crippen LogP contribution is 2.36. The second-order valence-electron chi connectivity index (χ2n) is 4.73. The maximum atomic E-state index is 3.56. The van der Waals surface area contributed by atoms with Gasteiger partial charge in [-0.15, -0.1) is 0 Å². The van der Waals surface area contributed by atoms with Crippen molar-refractivity contribution < 1.29 is 0 Å². The summed E-state index contributed by atoms with van der Waals surface area (Å²) in [4.78, 5) is 2.57. The SMILES string of the molecule is CC1CC1CNCCN1CCCC1.